The number of hydrogen-bond donors (Lipinski definition) is 2. The highest BCUT2D eigenvalue weighted by molar-refractivity contribution is 5.99. The van der Waals surface area contributed by atoms with Gasteiger partial charge in [-0.05, 0) is 31.9 Å². The summed E-state index contributed by atoms with van der Waals surface area (Å²) >= 11 is 0. The van der Waals surface area contributed by atoms with Gasteiger partial charge in [-0.15, -0.1) is 0 Å². The Labute approximate surface area is 135 Å². The number of nitrogens with zero attached hydrogens (tertiary/aromatic N) is 2. The molecular formula is C17H21N3O3. The molecule has 0 aliphatic carbocycles. The van der Waals surface area contributed by atoms with E-state index in [0.717, 1.165) is 24.3 Å². The second-order valence-electron chi connectivity index (χ2n) is 5.74. The molecule has 6 heteroatoms. The molecule has 2 heterocycles. The molecule has 1 unspecified atom stereocenters. The van der Waals surface area contributed by atoms with Crippen LogP contribution in [0.3, 0.4) is 0 Å². The van der Waals surface area contributed by atoms with Crippen LogP contribution < -0.4 is 5.32 Å². The number of aromatic nitrogens is 1. The SMILES string of the molecule is Cc1cnc(CNc2ccccc2C(=O)N2CCCC2CO)o1. The highest BCUT2D eigenvalue weighted by Gasteiger charge is 2.29. The highest BCUT2D eigenvalue weighted by atomic mass is 16.4. The summed E-state index contributed by atoms with van der Waals surface area (Å²) in [6, 6.07) is 7.32. The van der Waals surface area contributed by atoms with Crippen molar-refractivity contribution in [3.63, 3.8) is 0 Å². The first-order chi connectivity index (χ1) is 11.2. The van der Waals surface area contributed by atoms with Crippen LogP contribution in [0.15, 0.2) is 34.9 Å². The van der Waals surface area contributed by atoms with Crippen LogP contribution in [0.1, 0.15) is 34.9 Å². The number of aliphatic hydroxyl groups is 1. The number of rotatable bonds is 5. The van der Waals surface area contributed by atoms with Gasteiger partial charge in [-0.25, -0.2) is 4.98 Å². The number of aryl methyl sites for hydroxylation is 1. The summed E-state index contributed by atoms with van der Waals surface area (Å²) in [6.07, 6.45) is 3.46. The first kappa shape index (κ1) is 15.6. The van der Waals surface area contributed by atoms with E-state index < -0.39 is 0 Å². The molecule has 1 aromatic heterocycles. The molecule has 0 bridgehead atoms. The van der Waals surface area contributed by atoms with E-state index in [1.807, 2.05) is 25.1 Å². The lowest BCUT2D eigenvalue weighted by molar-refractivity contribution is 0.0678. The number of aliphatic hydroxyl groups excluding tert-OH is 1. The fourth-order valence-electron chi connectivity index (χ4n) is 2.93. The van der Waals surface area contributed by atoms with Gasteiger partial charge in [-0.2, -0.15) is 0 Å². The van der Waals surface area contributed by atoms with E-state index in [2.05, 4.69) is 10.3 Å². The molecule has 1 aliphatic rings. The number of nitrogens with one attached hydrogen (secondary N) is 1. The molecule has 1 aromatic carbocycles. The van der Waals surface area contributed by atoms with Crippen LogP contribution >= 0.6 is 0 Å². The lowest BCUT2D eigenvalue weighted by Crippen LogP contribution is -2.37. The Morgan fingerprint density at radius 1 is 1.48 bits per heavy atom. The Bertz CT molecular complexity index is 683. The van der Waals surface area contributed by atoms with Crippen LogP contribution in [0.25, 0.3) is 0 Å². The minimum atomic E-state index is -0.0788. The number of carbonyl (C=O) groups excluding carboxylic acids is 1. The summed E-state index contributed by atoms with van der Waals surface area (Å²) in [5.74, 6) is 1.29. The molecule has 1 fully saturated rings. The summed E-state index contributed by atoms with van der Waals surface area (Å²) in [4.78, 5) is 18.7. The van der Waals surface area contributed by atoms with Crippen molar-refractivity contribution in [1.29, 1.82) is 0 Å². The minimum Gasteiger partial charge on any atom is -0.444 e. The quantitative estimate of drug-likeness (QED) is 0.884. The Morgan fingerprint density at radius 3 is 3.04 bits per heavy atom. The topological polar surface area (TPSA) is 78.6 Å². The largest absolute Gasteiger partial charge is 0.444 e. The maximum Gasteiger partial charge on any atom is 0.256 e. The average Bonchev–Trinajstić information content (AvgIpc) is 3.21. The summed E-state index contributed by atoms with van der Waals surface area (Å²) in [6.45, 7) is 2.96. The van der Waals surface area contributed by atoms with Gasteiger partial charge >= 0.3 is 0 Å². The van der Waals surface area contributed by atoms with Crippen molar-refractivity contribution >= 4 is 11.6 Å². The van der Waals surface area contributed by atoms with E-state index in [1.165, 1.54) is 0 Å². The Morgan fingerprint density at radius 2 is 2.30 bits per heavy atom. The predicted octanol–water partition coefficient (Wildman–Crippen LogP) is 2.19. The fraction of sp³-hybridized carbons (Fsp3) is 0.412. The number of likely N-dealkylation sites (tertiary alicyclic amines) is 1. The van der Waals surface area contributed by atoms with Gasteiger partial charge in [0.1, 0.15) is 5.76 Å². The van der Waals surface area contributed by atoms with E-state index in [4.69, 9.17) is 4.42 Å². The molecule has 122 valence electrons. The second kappa shape index (κ2) is 6.83. The van der Waals surface area contributed by atoms with E-state index in [-0.39, 0.29) is 18.6 Å². The second-order valence-corrected chi connectivity index (χ2v) is 5.74. The molecule has 0 radical (unpaired) electrons. The Hall–Kier alpha value is -2.34. The van der Waals surface area contributed by atoms with Crippen molar-refractivity contribution < 1.29 is 14.3 Å². The lowest BCUT2D eigenvalue weighted by atomic mass is 10.1. The normalized spacial score (nSPS) is 17.5. The molecule has 0 spiro atoms. The van der Waals surface area contributed by atoms with Gasteiger partial charge in [0.2, 0.25) is 5.89 Å². The Kier molecular flexibility index (Phi) is 4.62. The first-order valence-corrected chi connectivity index (χ1v) is 7.85. The third-order valence-electron chi connectivity index (χ3n) is 4.11. The smallest absolute Gasteiger partial charge is 0.256 e. The molecule has 0 saturated carbocycles. The van der Waals surface area contributed by atoms with Crippen LogP contribution in [0, 0.1) is 6.92 Å². The zero-order valence-electron chi connectivity index (χ0n) is 13.2. The van der Waals surface area contributed by atoms with Crippen molar-refractivity contribution in [3.8, 4) is 0 Å². The molecule has 3 rings (SSSR count). The van der Waals surface area contributed by atoms with Crippen LogP contribution in [0.5, 0.6) is 0 Å². The third-order valence-corrected chi connectivity index (χ3v) is 4.11. The third kappa shape index (κ3) is 3.37. The molecule has 1 amide bonds. The standard InChI is InChI=1S/C17H21N3O3/c1-12-9-19-16(23-12)10-18-15-7-3-2-6-14(15)17(22)20-8-4-5-13(20)11-21/h2-3,6-7,9,13,18,21H,4-5,8,10-11H2,1H3. The molecule has 2 N–H and O–H groups in total. The van der Waals surface area contributed by atoms with Gasteiger partial charge < -0.3 is 19.7 Å². The number of para-hydroxylation sites is 1. The predicted molar refractivity (Wildman–Crippen MR) is 86.2 cm³/mol. The zero-order chi connectivity index (χ0) is 16.2. The van der Waals surface area contributed by atoms with Gasteiger partial charge in [-0.1, -0.05) is 12.1 Å². The Balaban J connectivity index is 1.76. The maximum atomic E-state index is 12.8. The van der Waals surface area contributed by atoms with E-state index in [9.17, 15) is 9.90 Å². The fourth-order valence-corrected chi connectivity index (χ4v) is 2.93. The van der Waals surface area contributed by atoms with Gasteiger partial charge in [0.05, 0.1) is 31.0 Å². The lowest BCUT2D eigenvalue weighted by Gasteiger charge is -2.24. The first-order valence-electron chi connectivity index (χ1n) is 7.85. The molecule has 2 aromatic rings. The zero-order valence-corrected chi connectivity index (χ0v) is 13.2. The number of anilines is 1. The van der Waals surface area contributed by atoms with Crippen LogP contribution in [-0.4, -0.2) is 40.1 Å². The maximum absolute atomic E-state index is 12.8. The summed E-state index contributed by atoms with van der Waals surface area (Å²) in [7, 11) is 0. The summed E-state index contributed by atoms with van der Waals surface area (Å²) < 4.78 is 5.44. The van der Waals surface area contributed by atoms with Gasteiger partial charge in [0.25, 0.3) is 5.91 Å². The highest BCUT2D eigenvalue weighted by Crippen LogP contribution is 2.24. The molecule has 1 atom stereocenters. The molecule has 6 nitrogen and oxygen atoms in total. The number of amides is 1. The van der Waals surface area contributed by atoms with Crippen LogP contribution in [-0.2, 0) is 6.54 Å². The number of carbonyl (C=O) groups is 1. The molecule has 1 saturated heterocycles. The van der Waals surface area contributed by atoms with Crippen LogP contribution in [0.2, 0.25) is 0 Å². The van der Waals surface area contributed by atoms with Crippen molar-refractivity contribution in [3.05, 3.63) is 47.7 Å². The van der Waals surface area contributed by atoms with Gasteiger partial charge in [0.15, 0.2) is 0 Å². The van der Waals surface area contributed by atoms with Crippen molar-refractivity contribution in [2.75, 3.05) is 18.5 Å². The number of benzene rings is 1. The molecular weight excluding hydrogens is 294 g/mol. The van der Waals surface area contributed by atoms with Crippen LogP contribution in [0.4, 0.5) is 5.69 Å². The number of hydrogen-bond acceptors (Lipinski definition) is 5. The monoisotopic (exact) mass is 315 g/mol. The molecule has 1 aliphatic heterocycles. The van der Waals surface area contributed by atoms with Crippen molar-refractivity contribution in [2.24, 2.45) is 0 Å². The molecule has 23 heavy (non-hydrogen) atoms. The van der Waals surface area contributed by atoms with E-state index >= 15 is 0 Å². The van der Waals surface area contributed by atoms with E-state index in [1.54, 1.807) is 17.2 Å². The minimum absolute atomic E-state index is 0.0108. The van der Waals surface area contributed by atoms with Gasteiger partial charge in [-0.3, -0.25) is 4.79 Å². The summed E-state index contributed by atoms with van der Waals surface area (Å²) in [5, 5.41) is 12.6. The summed E-state index contributed by atoms with van der Waals surface area (Å²) in [5.41, 5.74) is 1.35. The van der Waals surface area contributed by atoms with Gasteiger partial charge in [0, 0.05) is 12.2 Å². The average molecular weight is 315 g/mol. The van der Waals surface area contributed by atoms with Crippen molar-refractivity contribution in [2.45, 2.75) is 32.4 Å². The number of oxazole rings is 1. The van der Waals surface area contributed by atoms with Crippen molar-refractivity contribution in [1.82, 2.24) is 9.88 Å². The van der Waals surface area contributed by atoms with E-state index in [0.29, 0.717) is 24.5 Å².